The van der Waals surface area contributed by atoms with E-state index >= 15 is 0 Å². The fourth-order valence-corrected chi connectivity index (χ4v) is 2.10. The zero-order valence-corrected chi connectivity index (χ0v) is 13.8. The fourth-order valence-electron chi connectivity index (χ4n) is 1.48. The van der Waals surface area contributed by atoms with Crippen molar-refractivity contribution in [2.75, 3.05) is 27.7 Å². The van der Waals surface area contributed by atoms with Gasteiger partial charge in [-0.3, -0.25) is 9.59 Å². The highest BCUT2D eigenvalue weighted by Gasteiger charge is 2.11. The summed E-state index contributed by atoms with van der Waals surface area (Å²) >= 11 is 3.46. The minimum absolute atomic E-state index is 0.0746. The van der Waals surface area contributed by atoms with Crippen molar-refractivity contribution in [1.82, 2.24) is 9.80 Å². The van der Waals surface area contributed by atoms with E-state index in [1.807, 2.05) is 25.1 Å². The predicted octanol–water partition coefficient (Wildman–Crippen LogP) is 2.32. The second-order valence-electron chi connectivity index (χ2n) is 4.84. The van der Waals surface area contributed by atoms with Crippen LogP contribution in [0.1, 0.15) is 11.1 Å². The summed E-state index contributed by atoms with van der Waals surface area (Å²) in [6.07, 6.45) is 3.21. The average Bonchev–Trinajstić information content (AvgIpc) is 2.37. The Bertz CT molecular complexity index is 539. The number of benzene rings is 1. The molecule has 0 N–H and O–H groups in total. The maximum absolute atomic E-state index is 11.9. The lowest BCUT2D eigenvalue weighted by atomic mass is 10.1. The van der Waals surface area contributed by atoms with Crippen molar-refractivity contribution in [1.29, 1.82) is 0 Å². The highest BCUT2D eigenvalue weighted by Crippen LogP contribution is 2.19. The SMILES string of the molecule is Cc1ccc(/C=C/C(=O)N(C)CC(=O)N(C)C)c(Br)c1. The molecule has 0 aliphatic heterocycles. The van der Waals surface area contributed by atoms with Crippen LogP contribution in [-0.2, 0) is 9.59 Å². The summed E-state index contributed by atoms with van der Waals surface area (Å²) in [6, 6.07) is 5.91. The largest absolute Gasteiger partial charge is 0.347 e. The molecule has 0 radical (unpaired) electrons. The molecule has 0 unspecified atom stereocenters. The molecule has 5 heteroatoms. The molecule has 2 amide bonds. The van der Waals surface area contributed by atoms with Gasteiger partial charge in [0, 0.05) is 31.7 Å². The first-order valence-corrected chi connectivity index (χ1v) is 7.00. The van der Waals surface area contributed by atoms with E-state index in [4.69, 9.17) is 0 Å². The maximum atomic E-state index is 11.9. The number of hydrogen-bond acceptors (Lipinski definition) is 2. The monoisotopic (exact) mass is 338 g/mol. The minimum atomic E-state index is -0.201. The van der Waals surface area contributed by atoms with Gasteiger partial charge in [-0.25, -0.2) is 0 Å². The lowest BCUT2D eigenvalue weighted by Gasteiger charge is -2.17. The first kappa shape index (κ1) is 16.4. The Balaban J connectivity index is 2.69. The number of nitrogens with zero attached hydrogens (tertiary/aromatic N) is 2. The number of carbonyl (C=O) groups excluding carboxylic acids is 2. The predicted molar refractivity (Wildman–Crippen MR) is 84.2 cm³/mol. The highest BCUT2D eigenvalue weighted by molar-refractivity contribution is 9.10. The number of hydrogen-bond donors (Lipinski definition) is 0. The van der Waals surface area contributed by atoms with E-state index in [1.165, 1.54) is 15.9 Å². The van der Waals surface area contributed by atoms with Crippen molar-refractivity contribution in [3.05, 3.63) is 39.9 Å². The third-order valence-corrected chi connectivity index (χ3v) is 3.50. The summed E-state index contributed by atoms with van der Waals surface area (Å²) in [4.78, 5) is 26.3. The van der Waals surface area contributed by atoms with E-state index in [0.29, 0.717) is 0 Å². The van der Waals surface area contributed by atoms with Crippen molar-refractivity contribution in [2.24, 2.45) is 0 Å². The summed E-state index contributed by atoms with van der Waals surface area (Å²) in [6.45, 7) is 2.08. The summed E-state index contributed by atoms with van der Waals surface area (Å²) in [5, 5.41) is 0. The van der Waals surface area contributed by atoms with E-state index in [1.54, 1.807) is 27.2 Å². The molecule has 0 heterocycles. The third kappa shape index (κ3) is 4.81. The van der Waals surface area contributed by atoms with Crippen LogP contribution in [0.2, 0.25) is 0 Å². The molecule has 0 saturated carbocycles. The Morgan fingerprint density at radius 1 is 1.25 bits per heavy atom. The van der Waals surface area contributed by atoms with Crippen LogP contribution in [0.4, 0.5) is 0 Å². The smallest absolute Gasteiger partial charge is 0.246 e. The molecule has 1 aromatic rings. The van der Waals surface area contributed by atoms with Crippen molar-refractivity contribution in [2.45, 2.75) is 6.92 Å². The van der Waals surface area contributed by atoms with Gasteiger partial charge in [0.25, 0.3) is 0 Å². The Morgan fingerprint density at radius 3 is 2.45 bits per heavy atom. The summed E-state index contributed by atoms with van der Waals surface area (Å²) < 4.78 is 0.938. The number of aryl methyl sites for hydroxylation is 1. The van der Waals surface area contributed by atoms with E-state index in [0.717, 1.165) is 15.6 Å². The fraction of sp³-hybridized carbons (Fsp3) is 0.333. The summed E-state index contributed by atoms with van der Waals surface area (Å²) in [5.74, 6) is -0.307. The summed E-state index contributed by atoms with van der Waals surface area (Å²) in [5.41, 5.74) is 2.07. The number of likely N-dealkylation sites (N-methyl/N-ethyl adjacent to an activating group) is 2. The van der Waals surface area contributed by atoms with Gasteiger partial charge in [-0.2, -0.15) is 0 Å². The van der Waals surface area contributed by atoms with Gasteiger partial charge in [0.05, 0.1) is 6.54 Å². The van der Waals surface area contributed by atoms with Crippen molar-refractivity contribution in [3.8, 4) is 0 Å². The first-order valence-electron chi connectivity index (χ1n) is 6.20. The van der Waals surface area contributed by atoms with Gasteiger partial charge in [-0.05, 0) is 30.2 Å². The second-order valence-corrected chi connectivity index (χ2v) is 5.70. The quantitative estimate of drug-likeness (QED) is 0.790. The van der Waals surface area contributed by atoms with Crippen molar-refractivity contribution in [3.63, 3.8) is 0 Å². The van der Waals surface area contributed by atoms with Crippen LogP contribution in [0.5, 0.6) is 0 Å². The van der Waals surface area contributed by atoms with Gasteiger partial charge in [0.2, 0.25) is 11.8 Å². The van der Waals surface area contributed by atoms with E-state index in [9.17, 15) is 9.59 Å². The van der Waals surface area contributed by atoms with Crippen LogP contribution < -0.4 is 0 Å². The molecule has 0 atom stereocenters. The topological polar surface area (TPSA) is 40.6 Å². The van der Waals surface area contributed by atoms with Crippen molar-refractivity contribution >= 4 is 33.8 Å². The normalized spacial score (nSPS) is 10.7. The van der Waals surface area contributed by atoms with E-state index < -0.39 is 0 Å². The van der Waals surface area contributed by atoms with Gasteiger partial charge in [-0.15, -0.1) is 0 Å². The molecular formula is C15H19BrN2O2. The standard InChI is InChI=1S/C15H19BrN2O2/c1-11-5-6-12(13(16)9-11)7-8-14(19)18(4)10-15(20)17(2)3/h5-9H,10H2,1-4H3/b8-7+. The Kier molecular flexibility index (Phi) is 5.95. The molecular weight excluding hydrogens is 320 g/mol. The zero-order valence-electron chi connectivity index (χ0n) is 12.2. The van der Waals surface area contributed by atoms with Crippen LogP contribution in [-0.4, -0.2) is 49.3 Å². The highest BCUT2D eigenvalue weighted by atomic mass is 79.9. The first-order chi connectivity index (χ1) is 9.31. The molecule has 1 rings (SSSR count). The number of rotatable bonds is 4. The van der Waals surface area contributed by atoms with Crippen LogP contribution >= 0.6 is 15.9 Å². The molecule has 0 spiro atoms. The van der Waals surface area contributed by atoms with Gasteiger partial charge in [0.15, 0.2) is 0 Å². The second kappa shape index (κ2) is 7.24. The van der Waals surface area contributed by atoms with Gasteiger partial charge in [0.1, 0.15) is 0 Å². The molecule has 4 nitrogen and oxygen atoms in total. The van der Waals surface area contributed by atoms with Crippen LogP contribution in [0.25, 0.3) is 6.08 Å². The van der Waals surface area contributed by atoms with Gasteiger partial charge in [-0.1, -0.05) is 28.1 Å². The van der Waals surface area contributed by atoms with Crippen LogP contribution in [0.15, 0.2) is 28.7 Å². The average molecular weight is 339 g/mol. The van der Waals surface area contributed by atoms with Crippen LogP contribution in [0.3, 0.4) is 0 Å². The molecule has 20 heavy (non-hydrogen) atoms. The lowest BCUT2D eigenvalue weighted by Crippen LogP contribution is -2.36. The van der Waals surface area contributed by atoms with Gasteiger partial charge < -0.3 is 9.80 Å². The number of halogens is 1. The van der Waals surface area contributed by atoms with Crippen LogP contribution in [0, 0.1) is 6.92 Å². The lowest BCUT2D eigenvalue weighted by molar-refractivity contribution is -0.135. The minimum Gasteiger partial charge on any atom is -0.347 e. The maximum Gasteiger partial charge on any atom is 0.246 e. The number of carbonyl (C=O) groups is 2. The van der Waals surface area contributed by atoms with Gasteiger partial charge >= 0.3 is 0 Å². The molecule has 0 aliphatic rings. The zero-order chi connectivity index (χ0) is 15.3. The molecule has 0 aromatic heterocycles. The summed E-state index contributed by atoms with van der Waals surface area (Å²) in [7, 11) is 4.94. The Hall–Kier alpha value is -1.62. The molecule has 1 aromatic carbocycles. The molecule has 0 aliphatic carbocycles. The van der Waals surface area contributed by atoms with Crippen molar-refractivity contribution < 1.29 is 9.59 Å². The molecule has 0 saturated heterocycles. The molecule has 0 fully saturated rings. The molecule has 108 valence electrons. The Morgan fingerprint density at radius 2 is 1.90 bits per heavy atom. The Labute approximate surface area is 128 Å². The number of amides is 2. The van der Waals surface area contributed by atoms with E-state index in [-0.39, 0.29) is 18.4 Å². The molecule has 0 bridgehead atoms. The van der Waals surface area contributed by atoms with E-state index in [2.05, 4.69) is 15.9 Å². The third-order valence-electron chi connectivity index (χ3n) is 2.81.